The fraction of sp³-hybridized carbons (Fsp3) is 0.414. The van der Waals surface area contributed by atoms with Crippen LogP contribution in [0.25, 0.3) is 5.52 Å². The van der Waals surface area contributed by atoms with Crippen LogP contribution in [0.5, 0.6) is 5.75 Å². The van der Waals surface area contributed by atoms with Gasteiger partial charge >= 0.3 is 0 Å². The van der Waals surface area contributed by atoms with E-state index < -0.39 is 28.4 Å². The third kappa shape index (κ3) is 4.86. The van der Waals surface area contributed by atoms with Gasteiger partial charge in [-0.2, -0.15) is 19.7 Å². The van der Waals surface area contributed by atoms with Crippen LogP contribution in [-0.2, 0) is 16.0 Å². The molecule has 12 heteroatoms. The number of nitrogens with one attached hydrogen (secondary N) is 1. The molecular weight excluding hydrogens is 554 g/mol. The average molecular weight is 585 g/mol. The monoisotopic (exact) mass is 584 g/mol. The van der Waals surface area contributed by atoms with E-state index in [0.717, 1.165) is 16.8 Å². The van der Waals surface area contributed by atoms with Crippen molar-refractivity contribution in [3.8, 4) is 5.75 Å². The maximum atomic E-state index is 14.9. The number of hydrazone groups is 2. The predicted molar refractivity (Wildman–Crippen MR) is 151 cm³/mol. The summed E-state index contributed by atoms with van der Waals surface area (Å²) in [4.78, 5) is 25.3. The highest BCUT2D eigenvalue weighted by Crippen LogP contribution is 2.36. The lowest BCUT2D eigenvalue weighted by atomic mass is 9.82. The molecule has 0 unspecified atom stereocenters. The molecule has 2 aliphatic heterocycles. The zero-order valence-electron chi connectivity index (χ0n) is 23.5. The molecule has 1 aromatic carbocycles. The van der Waals surface area contributed by atoms with Crippen molar-refractivity contribution >= 4 is 40.4 Å². The Morgan fingerprint density at radius 1 is 1.00 bits per heavy atom. The van der Waals surface area contributed by atoms with Gasteiger partial charge in [-0.05, 0) is 71.2 Å². The lowest BCUT2D eigenvalue weighted by molar-refractivity contribution is -0.135. The number of unbranched alkanes of at least 4 members (excludes halogenated alkanes) is 1. The number of ether oxygens (including phenoxy) is 1. The molecular formula is C29H31ClF2N6O3. The van der Waals surface area contributed by atoms with Gasteiger partial charge in [0.25, 0.3) is 11.8 Å². The van der Waals surface area contributed by atoms with Crippen molar-refractivity contribution in [3.05, 3.63) is 63.9 Å². The summed E-state index contributed by atoms with van der Waals surface area (Å²) < 4.78 is 36.9. The number of amides is 2. The first-order valence-electron chi connectivity index (χ1n) is 13.5. The molecule has 0 radical (unpaired) electrons. The number of hydrogen-bond acceptors (Lipinski definition) is 6. The van der Waals surface area contributed by atoms with Gasteiger partial charge in [0, 0.05) is 23.9 Å². The van der Waals surface area contributed by atoms with Crippen molar-refractivity contribution in [2.24, 2.45) is 21.0 Å². The van der Waals surface area contributed by atoms with Gasteiger partial charge in [-0.25, -0.2) is 19.3 Å². The second kappa shape index (κ2) is 10.5. The molecule has 216 valence electrons. The minimum absolute atomic E-state index is 0.0949. The van der Waals surface area contributed by atoms with Crippen LogP contribution in [0, 0.1) is 22.5 Å². The summed E-state index contributed by atoms with van der Waals surface area (Å²) in [5.74, 6) is -3.02. The van der Waals surface area contributed by atoms with E-state index in [1.165, 1.54) is 17.1 Å². The Kier molecular flexibility index (Phi) is 7.35. The molecule has 0 fully saturated rings. The smallest absolute Gasteiger partial charge is 0.254 e. The quantitative estimate of drug-likeness (QED) is 0.353. The van der Waals surface area contributed by atoms with E-state index in [9.17, 15) is 18.4 Å². The number of halogens is 3. The summed E-state index contributed by atoms with van der Waals surface area (Å²) in [6.45, 7) is 9.33. The fourth-order valence-corrected chi connectivity index (χ4v) is 5.23. The molecule has 4 heterocycles. The second-order valence-electron chi connectivity index (χ2n) is 11.2. The molecule has 9 nitrogen and oxygen atoms in total. The van der Waals surface area contributed by atoms with Gasteiger partial charge in [0.15, 0.2) is 11.6 Å². The van der Waals surface area contributed by atoms with Crippen molar-refractivity contribution in [2.75, 3.05) is 13.2 Å². The van der Waals surface area contributed by atoms with Crippen LogP contribution in [0.1, 0.15) is 64.3 Å². The number of pyridine rings is 1. The highest BCUT2D eigenvalue weighted by Gasteiger charge is 2.45. The van der Waals surface area contributed by atoms with Gasteiger partial charge in [-0.3, -0.25) is 9.59 Å². The van der Waals surface area contributed by atoms with Crippen LogP contribution in [0.2, 0.25) is 5.02 Å². The number of carbonyl (C=O) groups excluding carboxylic acids is 2. The fourth-order valence-electron chi connectivity index (χ4n) is 5.07. The minimum Gasteiger partial charge on any atom is -0.490 e. The minimum atomic E-state index is -1.15. The number of benzene rings is 1. The zero-order valence-corrected chi connectivity index (χ0v) is 24.3. The Morgan fingerprint density at radius 3 is 2.44 bits per heavy atom. The number of nitrogens with zero attached hydrogens (tertiary/aromatic N) is 5. The van der Waals surface area contributed by atoms with Crippen molar-refractivity contribution in [1.29, 1.82) is 0 Å². The lowest BCUT2D eigenvalue weighted by Crippen LogP contribution is -2.35. The highest BCUT2D eigenvalue weighted by atomic mass is 35.5. The molecule has 0 aliphatic carbocycles. The molecule has 2 aliphatic rings. The van der Waals surface area contributed by atoms with E-state index in [2.05, 4.69) is 15.6 Å². The number of aromatic nitrogens is 2. The maximum absolute atomic E-state index is 14.9. The number of carbonyl (C=O) groups is 2. The standard InChI is InChI=1S/C29H31ClF2N6O3/c1-6-18-21(19-11-9-16(30)15-38(19)35-18)25-29(4,5)27(40)37(36-25)13-7-8-14-41-20-12-10-17(22(31)23(20)32)24-28(2,3)26(39)34-33-24/h9-12,15H,6-8,13-14H2,1-5H3,(H,34,39). The van der Waals surface area contributed by atoms with Crippen LogP contribution < -0.4 is 10.2 Å². The largest absolute Gasteiger partial charge is 0.490 e. The Hall–Kier alpha value is -3.86. The van der Waals surface area contributed by atoms with Crippen molar-refractivity contribution in [3.63, 3.8) is 0 Å². The molecule has 0 saturated heterocycles. The van der Waals surface area contributed by atoms with E-state index in [1.807, 2.05) is 26.8 Å². The molecule has 1 N–H and O–H groups in total. The van der Waals surface area contributed by atoms with E-state index in [0.29, 0.717) is 36.5 Å². The zero-order chi connectivity index (χ0) is 29.7. The Morgan fingerprint density at radius 2 is 1.76 bits per heavy atom. The molecule has 2 amide bonds. The van der Waals surface area contributed by atoms with Crippen molar-refractivity contribution in [1.82, 2.24) is 20.0 Å². The summed E-state index contributed by atoms with van der Waals surface area (Å²) in [5, 5.41) is 15.3. The Balaban J connectivity index is 1.24. The van der Waals surface area contributed by atoms with Gasteiger partial charge in [0.05, 0.1) is 45.1 Å². The summed E-state index contributed by atoms with van der Waals surface area (Å²) in [5.41, 5.74) is 3.54. The Labute approximate surface area is 241 Å². The SMILES string of the molecule is CCc1nn2cc(Cl)ccc2c1C1=NN(CCCCOc2ccc(C3=NNC(=O)C3(C)C)c(F)c2F)C(=O)C1(C)C. The molecule has 2 aromatic heterocycles. The van der Waals surface area contributed by atoms with Gasteiger partial charge in [0.1, 0.15) is 0 Å². The first-order chi connectivity index (χ1) is 19.4. The highest BCUT2D eigenvalue weighted by molar-refractivity contribution is 6.30. The molecule has 0 spiro atoms. The molecule has 0 atom stereocenters. The first-order valence-corrected chi connectivity index (χ1v) is 13.8. The van der Waals surface area contributed by atoms with Gasteiger partial charge in [-0.15, -0.1) is 0 Å². The molecule has 3 aromatic rings. The van der Waals surface area contributed by atoms with E-state index in [-0.39, 0.29) is 29.5 Å². The Bertz CT molecular complexity index is 1630. The van der Waals surface area contributed by atoms with Crippen LogP contribution in [0.3, 0.4) is 0 Å². The summed E-state index contributed by atoms with van der Waals surface area (Å²) in [6, 6.07) is 6.34. The molecule has 41 heavy (non-hydrogen) atoms. The third-order valence-electron chi connectivity index (χ3n) is 7.57. The summed E-state index contributed by atoms with van der Waals surface area (Å²) in [7, 11) is 0. The van der Waals surface area contributed by atoms with Crippen LogP contribution in [-0.4, -0.2) is 51.0 Å². The van der Waals surface area contributed by atoms with Gasteiger partial charge < -0.3 is 4.74 Å². The van der Waals surface area contributed by atoms with E-state index >= 15 is 0 Å². The molecule has 0 bridgehead atoms. The lowest BCUT2D eigenvalue weighted by Gasteiger charge is -2.20. The van der Waals surface area contributed by atoms with E-state index in [4.69, 9.17) is 21.4 Å². The predicted octanol–water partition coefficient (Wildman–Crippen LogP) is 5.12. The van der Waals surface area contributed by atoms with Crippen molar-refractivity contribution in [2.45, 2.75) is 53.9 Å². The first kappa shape index (κ1) is 28.7. The molecule has 0 saturated carbocycles. The number of hydrogen-bond donors (Lipinski definition) is 1. The third-order valence-corrected chi connectivity index (χ3v) is 7.80. The van der Waals surface area contributed by atoms with Gasteiger partial charge in [0.2, 0.25) is 5.82 Å². The number of fused-ring (bicyclic) bond motifs is 1. The van der Waals surface area contributed by atoms with Crippen LogP contribution >= 0.6 is 11.6 Å². The topological polar surface area (TPSA) is 101 Å². The van der Waals surface area contributed by atoms with Crippen molar-refractivity contribution < 1.29 is 23.1 Å². The number of rotatable bonds is 9. The molecule has 5 rings (SSSR count). The second-order valence-corrected chi connectivity index (χ2v) is 11.6. The number of aryl methyl sites for hydroxylation is 1. The normalized spacial score (nSPS) is 17.7. The van der Waals surface area contributed by atoms with Crippen LogP contribution in [0.15, 0.2) is 40.7 Å². The van der Waals surface area contributed by atoms with Crippen LogP contribution in [0.4, 0.5) is 8.78 Å². The van der Waals surface area contributed by atoms with E-state index in [1.54, 1.807) is 30.6 Å². The summed E-state index contributed by atoms with van der Waals surface area (Å²) >= 11 is 6.15. The van der Waals surface area contributed by atoms with Gasteiger partial charge in [-0.1, -0.05) is 18.5 Å². The average Bonchev–Trinajstić information content (AvgIpc) is 3.49. The maximum Gasteiger partial charge on any atom is 0.254 e. The summed E-state index contributed by atoms with van der Waals surface area (Å²) in [6.07, 6.45) is 3.40.